The number of hydrogen-bond acceptors (Lipinski definition) is 4. The number of benzene rings is 1. The second kappa shape index (κ2) is 7.88. The van der Waals surface area contributed by atoms with Gasteiger partial charge in [-0.25, -0.2) is 9.37 Å². The lowest BCUT2D eigenvalue weighted by atomic mass is 10.1. The van der Waals surface area contributed by atoms with Gasteiger partial charge in [0.2, 0.25) is 0 Å². The molecule has 0 bridgehead atoms. The maximum atomic E-state index is 13.4. The van der Waals surface area contributed by atoms with Gasteiger partial charge in [0.15, 0.2) is 0 Å². The first-order valence-electron chi connectivity index (χ1n) is 7.72. The standard InChI is InChI=1S/C18H23FN4O/c1-22(2)16(13-6-5-7-15(19)10-13)12-21-18(24)14-8-9-17(20-11-14)23(3)4/h5-11,16H,12H2,1-4H3,(H,21,24). The molecule has 1 amide bonds. The normalized spacial score (nSPS) is 12.1. The summed E-state index contributed by atoms with van der Waals surface area (Å²) in [5.41, 5.74) is 1.32. The lowest BCUT2D eigenvalue weighted by Gasteiger charge is -2.25. The summed E-state index contributed by atoms with van der Waals surface area (Å²) in [6, 6.07) is 9.85. The van der Waals surface area contributed by atoms with Crippen molar-refractivity contribution in [2.45, 2.75) is 6.04 Å². The molecule has 0 aliphatic heterocycles. The van der Waals surface area contributed by atoms with Crippen molar-refractivity contribution < 1.29 is 9.18 Å². The minimum absolute atomic E-state index is 0.112. The molecule has 1 atom stereocenters. The molecule has 1 aromatic heterocycles. The van der Waals surface area contributed by atoms with Gasteiger partial charge in [-0.3, -0.25) is 4.79 Å². The van der Waals surface area contributed by atoms with E-state index in [2.05, 4.69) is 10.3 Å². The van der Waals surface area contributed by atoms with Gasteiger partial charge in [0.05, 0.1) is 11.6 Å². The van der Waals surface area contributed by atoms with Gasteiger partial charge >= 0.3 is 0 Å². The highest BCUT2D eigenvalue weighted by molar-refractivity contribution is 5.94. The largest absolute Gasteiger partial charge is 0.363 e. The summed E-state index contributed by atoms with van der Waals surface area (Å²) in [6.07, 6.45) is 1.55. The quantitative estimate of drug-likeness (QED) is 0.883. The zero-order valence-electron chi connectivity index (χ0n) is 14.5. The molecule has 2 rings (SSSR count). The molecule has 0 saturated heterocycles. The van der Waals surface area contributed by atoms with Crippen LogP contribution in [-0.2, 0) is 0 Å². The van der Waals surface area contributed by atoms with Crippen molar-refractivity contribution in [3.8, 4) is 0 Å². The van der Waals surface area contributed by atoms with Crippen molar-refractivity contribution in [2.75, 3.05) is 39.6 Å². The number of aromatic nitrogens is 1. The number of pyridine rings is 1. The molecule has 1 N–H and O–H groups in total. The van der Waals surface area contributed by atoms with Crippen molar-refractivity contribution in [1.29, 1.82) is 0 Å². The molecular formula is C18H23FN4O. The second-order valence-corrected chi connectivity index (χ2v) is 6.04. The number of rotatable bonds is 6. The van der Waals surface area contributed by atoms with Crippen LogP contribution in [0.25, 0.3) is 0 Å². The fraction of sp³-hybridized carbons (Fsp3) is 0.333. The molecule has 0 radical (unpaired) electrons. The van der Waals surface area contributed by atoms with E-state index in [0.717, 1.165) is 11.4 Å². The molecular weight excluding hydrogens is 307 g/mol. The Morgan fingerprint density at radius 1 is 1.21 bits per heavy atom. The third kappa shape index (κ3) is 4.52. The number of carbonyl (C=O) groups excluding carboxylic acids is 1. The number of carbonyl (C=O) groups is 1. The Morgan fingerprint density at radius 3 is 2.50 bits per heavy atom. The van der Waals surface area contributed by atoms with E-state index in [1.165, 1.54) is 12.1 Å². The number of likely N-dealkylation sites (N-methyl/N-ethyl adjacent to an activating group) is 1. The van der Waals surface area contributed by atoms with E-state index < -0.39 is 0 Å². The molecule has 2 aromatic rings. The summed E-state index contributed by atoms with van der Waals surface area (Å²) in [7, 11) is 7.58. The highest BCUT2D eigenvalue weighted by Crippen LogP contribution is 2.18. The van der Waals surface area contributed by atoms with Crippen LogP contribution in [0.4, 0.5) is 10.2 Å². The molecule has 0 aliphatic rings. The lowest BCUT2D eigenvalue weighted by Crippen LogP contribution is -2.34. The highest BCUT2D eigenvalue weighted by atomic mass is 19.1. The minimum atomic E-state index is -0.283. The van der Waals surface area contributed by atoms with Crippen LogP contribution in [0.15, 0.2) is 42.6 Å². The number of amides is 1. The van der Waals surface area contributed by atoms with Gasteiger partial charge in [0.1, 0.15) is 11.6 Å². The maximum absolute atomic E-state index is 13.4. The van der Waals surface area contributed by atoms with E-state index in [1.807, 2.05) is 44.1 Å². The van der Waals surface area contributed by atoms with Crippen molar-refractivity contribution in [3.05, 3.63) is 59.5 Å². The molecule has 0 spiro atoms. The van der Waals surface area contributed by atoms with Crippen molar-refractivity contribution >= 4 is 11.7 Å². The predicted molar refractivity (Wildman–Crippen MR) is 93.7 cm³/mol. The smallest absolute Gasteiger partial charge is 0.252 e. The first-order chi connectivity index (χ1) is 11.4. The Bertz CT molecular complexity index is 686. The molecule has 24 heavy (non-hydrogen) atoms. The Hall–Kier alpha value is -2.47. The Kier molecular flexibility index (Phi) is 5.87. The van der Waals surface area contributed by atoms with Crippen LogP contribution in [0.5, 0.6) is 0 Å². The Balaban J connectivity index is 2.05. The zero-order valence-corrected chi connectivity index (χ0v) is 14.5. The van der Waals surface area contributed by atoms with Gasteiger partial charge in [0.25, 0.3) is 5.91 Å². The molecule has 5 nitrogen and oxygen atoms in total. The Morgan fingerprint density at radius 2 is 1.96 bits per heavy atom. The van der Waals surface area contributed by atoms with Crippen molar-refractivity contribution in [3.63, 3.8) is 0 Å². The topological polar surface area (TPSA) is 48.5 Å². The van der Waals surface area contributed by atoms with E-state index in [0.29, 0.717) is 12.1 Å². The average Bonchev–Trinajstić information content (AvgIpc) is 2.54. The molecule has 1 unspecified atom stereocenters. The van der Waals surface area contributed by atoms with Gasteiger partial charge in [-0.15, -0.1) is 0 Å². The number of hydrogen-bond donors (Lipinski definition) is 1. The van der Waals surface area contributed by atoms with E-state index in [4.69, 9.17) is 0 Å². The second-order valence-electron chi connectivity index (χ2n) is 6.04. The van der Waals surface area contributed by atoms with E-state index in [1.54, 1.807) is 24.4 Å². The highest BCUT2D eigenvalue weighted by Gasteiger charge is 2.16. The minimum Gasteiger partial charge on any atom is -0.363 e. The number of nitrogens with zero attached hydrogens (tertiary/aromatic N) is 3. The van der Waals surface area contributed by atoms with Crippen LogP contribution in [-0.4, -0.2) is 50.5 Å². The summed E-state index contributed by atoms with van der Waals surface area (Å²) in [5.74, 6) is 0.308. The fourth-order valence-electron chi connectivity index (χ4n) is 2.39. The first kappa shape index (κ1) is 17.9. The molecule has 1 aromatic carbocycles. The van der Waals surface area contributed by atoms with Crippen LogP contribution in [0.2, 0.25) is 0 Å². The van der Waals surface area contributed by atoms with Crippen LogP contribution in [0.3, 0.4) is 0 Å². The summed E-state index contributed by atoms with van der Waals surface area (Å²) >= 11 is 0. The molecule has 6 heteroatoms. The number of halogens is 1. The van der Waals surface area contributed by atoms with Crippen molar-refractivity contribution in [1.82, 2.24) is 15.2 Å². The molecule has 1 heterocycles. The van der Waals surface area contributed by atoms with E-state index in [-0.39, 0.29) is 17.8 Å². The van der Waals surface area contributed by atoms with Gasteiger partial charge in [0, 0.05) is 26.8 Å². The van der Waals surface area contributed by atoms with Gasteiger partial charge in [-0.2, -0.15) is 0 Å². The van der Waals surface area contributed by atoms with E-state index in [9.17, 15) is 9.18 Å². The molecule has 128 valence electrons. The maximum Gasteiger partial charge on any atom is 0.252 e. The molecule has 0 fully saturated rings. The van der Waals surface area contributed by atoms with Gasteiger partial charge in [-0.1, -0.05) is 12.1 Å². The van der Waals surface area contributed by atoms with Crippen LogP contribution < -0.4 is 10.2 Å². The fourth-order valence-corrected chi connectivity index (χ4v) is 2.39. The summed E-state index contributed by atoms with van der Waals surface area (Å²) in [6.45, 7) is 0.380. The van der Waals surface area contributed by atoms with Gasteiger partial charge in [-0.05, 0) is 43.9 Å². The van der Waals surface area contributed by atoms with Crippen molar-refractivity contribution in [2.24, 2.45) is 0 Å². The third-order valence-corrected chi connectivity index (χ3v) is 3.78. The zero-order chi connectivity index (χ0) is 17.7. The first-order valence-corrected chi connectivity index (χ1v) is 7.72. The van der Waals surface area contributed by atoms with Crippen LogP contribution >= 0.6 is 0 Å². The number of anilines is 1. The summed E-state index contributed by atoms with van der Waals surface area (Å²) in [4.78, 5) is 20.3. The predicted octanol–water partition coefficient (Wildman–Crippen LogP) is 2.32. The SMILES string of the molecule is CN(C)c1ccc(C(=O)NCC(c2cccc(F)c2)N(C)C)cn1. The monoisotopic (exact) mass is 330 g/mol. The van der Waals surface area contributed by atoms with Gasteiger partial charge < -0.3 is 15.1 Å². The Labute approximate surface area is 142 Å². The lowest BCUT2D eigenvalue weighted by molar-refractivity contribution is 0.0941. The summed E-state index contributed by atoms with van der Waals surface area (Å²) in [5, 5.41) is 2.89. The summed E-state index contributed by atoms with van der Waals surface area (Å²) < 4.78 is 13.4. The average molecular weight is 330 g/mol. The van der Waals surface area contributed by atoms with Crippen LogP contribution in [0, 0.1) is 5.82 Å². The van der Waals surface area contributed by atoms with Crippen LogP contribution in [0.1, 0.15) is 22.0 Å². The number of nitrogens with one attached hydrogen (secondary N) is 1. The third-order valence-electron chi connectivity index (χ3n) is 3.78. The molecule has 0 aliphatic carbocycles. The van der Waals surface area contributed by atoms with E-state index >= 15 is 0 Å². The molecule has 0 saturated carbocycles.